The Morgan fingerprint density at radius 1 is 1.18 bits per heavy atom. The standard InChI is InChI=1S/C25H27FN6O/c1-17-6-4-7-20(23(17)26)21-8-5-12-30-16-32(29-24(21)30)13-11-19-9-10-22(25(28-19)33-3)31-14-18(2)27-15-31/h4,6-7,9-11,13-15,21H,5,8,12,16H2,1-3H3. The summed E-state index contributed by atoms with van der Waals surface area (Å²) in [6.07, 6.45) is 9.42. The van der Waals surface area contributed by atoms with Crippen molar-refractivity contribution in [1.29, 1.82) is 0 Å². The third-order valence-corrected chi connectivity index (χ3v) is 6.16. The van der Waals surface area contributed by atoms with Crippen molar-refractivity contribution in [3.8, 4) is 11.6 Å². The number of fused-ring (bicyclic) bond motifs is 1. The number of hydrazone groups is 1. The van der Waals surface area contributed by atoms with E-state index in [0.717, 1.165) is 47.9 Å². The van der Waals surface area contributed by atoms with E-state index in [2.05, 4.69) is 14.9 Å². The SMILES string of the molecule is COc1nc(C=CN2CN3CCCC(c4cccc(C)c4F)C3=N2)ccc1-n1cnc(C)c1. The molecule has 0 aliphatic carbocycles. The highest BCUT2D eigenvalue weighted by Crippen LogP contribution is 2.34. The number of nitrogens with zero attached hydrogens (tertiary/aromatic N) is 6. The van der Waals surface area contributed by atoms with Gasteiger partial charge in [0.2, 0.25) is 5.88 Å². The Balaban J connectivity index is 1.37. The fraction of sp³-hybridized carbons (Fsp3) is 0.320. The number of rotatable bonds is 5. The Kier molecular flexibility index (Phi) is 5.58. The van der Waals surface area contributed by atoms with E-state index in [1.165, 1.54) is 0 Å². The number of hydrogen-bond acceptors (Lipinski definition) is 6. The summed E-state index contributed by atoms with van der Waals surface area (Å²) in [7, 11) is 1.61. The number of ether oxygens (including phenoxy) is 1. The summed E-state index contributed by atoms with van der Waals surface area (Å²) in [4.78, 5) is 11.1. The van der Waals surface area contributed by atoms with Gasteiger partial charge in [0.1, 0.15) is 24.0 Å². The second-order valence-corrected chi connectivity index (χ2v) is 8.48. The minimum atomic E-state index is -0.120. The minimum Gasteiger partial charge on any atom is -0.479 e. The lowest BCUT2D eigenvalue weighted by Gasteiger charge is -2.31. The van der Waals surface area contributed by atoms with Gasteiger partial charge in [-0.3, -0.25) is 5.01 Å². The first-order valence-electron chi connectivity index (χ1n) is 11.1. The van der Waals surface area contributed by atoms with E-state index >= 15 is 0 Å². The van der Waals surface area contributed by atoms with E-state index < -0.39 is 0 Å². The van der Waals surface area contributed by atoms with Crippen molar-refractivity contribution in [2.45, 2.75) is 32.6 Å². The highest BCUT2D eigenvalue weighted by molar-refractivity contribution is 5.90. The van der Waals surface area contributed by atoms with Gasteiger partial charge in [0.05, 0.1) is 24.8 Å². The lowest BCUT2D eigenvalue weighted by atomic mass is 9.88. The first-order chi connectivity index (χ1) is 16.0. The number of aryl methyl sites for hydroxylation is 2. The van der Waals surface area contributed by atoms with E-state index in [-0.39, 0.29) is 11.7 Å². The zero-order valence-corrected chi connectivity index (χ0v) is 19.1. The summed E-state index contributed by atoms with van der Waals surface area (Å²) in [5, 5.41) is 6.71. The molecule has 4 heterocycles. The number of benzene rings is 1. The highest BCUT2D eigenvalue weighted by atomic mass is 19.1. The van der Waals surface area contributed by atoms with Crippen LogP contribution in [-0.4, -0.2) is 50.6 Å². The third kappa shape index (κ3) is 4.08. The zero-order valence-electron chi connectivity index (χ0n) is 19.1. The van der Waals surface area contributed by atoms with Gasteiger partial charge in [-0.25, -0.2) is 14.4 Å². The quantitative estimate of drug-likeness (QED) is 0.579. The van der Waals surface area contributed by atoms with Crippen molar-refractivity contribution in [2.24, 2.45) is 5.10 Å². The van der Waals surface area contributed by atoms with E-state index in [1.54, 1.807) is 13.4 Å². The molecule has 0 saturated carbocycles. The molecule has 0 radical (unpaired) electrons. The predicted octanol–water partition coefficient (Wildman–Crippen LogP) is 4.47. The van der Waals surface area contributed by atoms with Crippen LogP contribution in [0.25, 0.3) is 11.8 Å². The first-order valence-corrected chi connectivity index (χ1v) is 11.1. The van der Waals surface area contributed by atoms with E-state index in [4.69, 9.17) is 9.84 Å². The molecule has 33 heavy (non-hydrogen) atoms. The zero-order chi connectivity index (χ0) is 22.9. The van der Waals surface area contributed by atoms with Crippen molar-refractivity contribution >= 4 is 11.9 Å². The number of methoxy groups -OCH3 is 1. The Morgan fingerprint density at radius 2 is 2.06 bits per heavy atom. The molecule has 5 rings (SSSR count). The Bertz CT molecular complexity index is 1230. The van der Waals surface area contributed by atoms with Crippen LogP contribution in [0.1, 0.15) is 41.3 Å². The number of pyridine rings is 1. The van der Waals surface area contributed by atoms with E-state index in [0.29, 0.717) is 18.1 Å². The molecule has 2 aromatic heterocycles. The number of aromatic nitrogens is 3. The highest BCUT2D eigenvalue weighted by Gasteiger charge is 2.34. The Labute approximate surface area is 192 Å². The van der Waals surface area contributed by atoms with Crippen molar-refractivity contribution in [3.63, 3.8) is 0 Å². The maximum absolute atomic E-state index is 14.8. The number of imidazole rings is 1. The Hall–Kier alpha value is -3.68. The molecule has 1 fully saturated rings. The maximum atomic E-state index is 14.8. The lowest BCUT2D eigenvalue weighted by molar-refractivity contribution is 0.285. The van der Waals surface area contributed by atoms with Gasteiger partial charge < -0.3 is 14.2 Å². The van der Waals surface area contributed by atoms with Crippen LogP contribution >= 0.6 is 0 Å². The van der Waals surface area contributed by atoms with Crippen LogP contribution in [0.5, 0.6) is 5.88 Å². The van der Waals surface area contributed by atoms with Gasteiger partial charge in [0.25, 0.3) is 0 Å². The second-order valence-electron chi connectivity index (χ2n) is 8.48. The molecular formula is C25H27FN6O. The average molecular weight is 447 g/mol. The van der Waals surface area contributed by atoms with Crippen LogP contribution in [0.3, 0.4) is 0 Å². The molecule has 170 valence electrons. The van der Waals surface area contributed by atoms with Crippen LogP contribution in [0, 0.1) is 19.7 Å². The largest absolute Gasteiger partial charge is 0.479 e. The smallest absolute Gasteiger partial charge is 0.238 e. The molecule has 1 atom stereocenters. The summed E-state index contributed by atoms with van der Waals surface area (Å²) >= 11 is 0. The fourth-order valence-corrected chi connectivity index (χ4v) is 4.48. The van der Waals surface area contributed by atoms with Crippen molar-refractivity contribution in [2.75, 3.05) is 20.3 Å². The monoisotopic (exact) mass is 446 g/mol. The van der Waals surface area contributed by atoms with Crippen LogP contribution in [0.2, 0.25) is 0 Å². The van der Waals surface area contributed by atoms with E-state index in [9.17, 15) is 4.39 Å². The summed E-state index contributed by atoms with van der Waals surface area (Å²) < 4.78 is 22.2. The van der Waals surface area contributed by atoms with E-state index in [1.807, 2.05) is 72.2 Å². The van der Waals surface area contributed by atoms with Gasteiger partial charge in [-0.05, 0) is 56.0 Å². The number of hydrogen-bond donors (Lipinski definition) is 0. The normalized spacial score (nSPS) is 18.1. The number of halogens is 1. The van der Waals surface area contributed by atoms with Crippen molar-refractivity contribution < 1.29 is 9.13 Å². The molecule has 7 nitrogen and oxygen atoms in total. The lowest BCUT2D eigenvalue weighted by Crippen LogP contribution is -2.38. The third-order valence-electron chi connectivity index (χ3n) is 6.16. The van der Waals surface area contributed by atoms with Crippen molar-refractivity contribution in [1.82, 2.24) is 24.4 Å². The number of piperidine rings is 1. The molecule has 2 aliphatic heterocycles. The number of amidine groups is 1. The molecule has 1 aromatic carbocycles. The van der Waals surface area contributed by atoms with Crippen molar-refractivity contribution in [3.05, 3.63) is 77.4 Å². The molecule has 1 unspecified atom stereocenters. The topological polar surface area (TPSA) is 58.8 Å². The van der Waals surface area contributed by atoms with Crippen LogP contribution in [0.15, 0.2) is 54.2 Å². The molecule has 8 heteroatoms. The Morgan fingerprint density at radius 3 is 2.85 bits per heavy atom. The first kappa shape index (κ1) is 21.2. The summed E-state index contributed by atoms with van der Waals surface area (Å²) in [5.41, 5.74) is 3.93. The molecule has 0 N–H and O–H groups in total. The predicted molar refractivity (Wildman–Crippen MR) is 126 cm³/mol. The van der Waals surface area contributed by atoms with Gasteiger partial charge >= 0.3 is 0 Å². The molecule has 0 amide bonds. The maximum Gasteiger partial charge on any atom is 0.238 e. The van der Waals surface area contributed by atoms with Crippen LogP contribution in [-0.2, 0) is 0 Å². The van der Waals surface area contributed by atoms with Crippen LogP contribution in [0.4, 0.5) is 4.39 Å². The molecule has 0 spiro atoms. The molecule has 1 saturated heterocycles. The van der Waals surface area contributed by atoms with Crippen LogP contribution < -0.4 is 4.74 Å². The molecule has 0 bridgehead atoms. The summed E-state index contributed by atoms with van der Waals surface area (Å²) in [5.74, 6) is 1.32. The van der Waals surface area contributed by atoms with Gasteiger partial charge in [-0.15, -0.1) is 0 Å². The van der Waals surface area contributed by atoms with Gasteiger partial charge in [-0.1, -0.05) is 18.2 Å². The minimum absolute atomic E-state index is 0.0202. The molecule has 3 aromatic rings. The summed E-state index contributed by atoms with van der Waals surface area (Å²) in [6, 6.07) is 9.52. The fourth-order valence-electron chi connectivity index (χ4n) is 4.48. The summed E-state index contributed by atoms with van der Waals surface area (Å²) in [6.45, 7) is 5.33. The second kappa shape index (κ2) is 8.69. The van der Waals surface area contributed by atoms with Gasteiger partial charge in [0, 0.05) is 24.9 Å². The molecule has 2 aliphatic rings. The average Bonchev–Trinajstić information content (AvgIpc) is 3.45. The van der Waals surface area contributed by atoms with Gasteiger partial charge in [0.15, 0.2) is 0 Å². The van der Waals surface area contributed by atoms with Gasteiger partial charge in [-0.2, -0.15) is 5.10 Å². The molecular weight excluding hydrogens is 419 g/mol.